The Balaban J connectivity index is 1.84. The molecule has 0 aliphatic rings. The van der Waals surface area contributed by atoms with Crippen LogP contribution in [0, 0.1) is 11.6 Å². The quantitative estimate of drug-likeness (QED) is 0.830. The molecule has 0 fully saturated rings. The van der Waals surface area contributed by atoms with E-state index in [-0.39, 0.29) is 12.4 Å². The van der Waals surface area contributed by atoms with E-state index in [4.69, 9.17) is 4.74 Å². The van der Waals surface area contributed by atoms with Crippen LogP contribution in [0.3, 0.4) is 0 Å². The van der Waals surface area contributed by atoms with Crippen LogP contribution in [-0.2, 0) is 0 Å². The zero-order valence-electron chi connectivity index (χ0n) is 10.00. The van der Waals surface area contributed by atoms with Crippen LogP contribution in [0.2, 0.25) is 0 Å². The SMILES string of the molecule is Fc1cccc(OCCNc2ccccc2Br)c1F. The van der Waals surface area contributed by atoms with Gasteiger partial charge in [0.25, 0.3) is 0 Å². The molecular formula is C14H12BrF2NO. The van der Waals surface area contributed by atoms with Gasteiger partial charge in [0.15, 0.2) is 11.6 Å². The van der Waals surface area contributed by atoms with Gasteiger partial charge >= 0.3 is 0 Å². The topological polar surface area (TPSA) is 21.3 Å². The predicted molar refractivity (Wildman–Crippen MR) is 74.5 cm³/mol. The van der Waals surface area contributed by atoms with Gasteiger partial charge in [0.05, 0.1) is 0 Å². The molecule has 0 aromatic heterocycles. The minimum Gasteiger partial charge on any atom is -0.489 e. The van der Waals surface area contributed by atoms with E-state index in [1.807, 2.05) is 24.3 Å². The molecule has 0 bridgehead atoms. The molecule has 0 unspecified atom stereocenters. The summed E-state index contributed by atoms with van der Waals surface area (Å²) in [5.74, 6) is -1.94. The summed E-state index contributed by atoms with van der Waals surface area (Å²) >= 11 is 3.40. The van der Waals surface area contributed by atoms with Crippen LogP contribution in [0.15, 0.2) is 46.9 Å². The molecule has 0 spiro atoms. The summed E-state index contributed by atoms with van der Waals surface area (Å²) in [5, 5.41) is 3.13. The fraction of sp³-hybridized carbons (Fsp3) is 0.143. The Hall–Kier alpha value is -1.62. The third kappa shape index (κ3) is 3.67. The molecule has 0 amide bonds. The molecule has 0 aliphatic carbocycles. The van der Waals surface area contributed by atoms with Crippen LogP contribution in [0.1, 0.15) is 0 Å². The summed E-state index contributed by atoms with van der Waals surface area (Å²) in [6, 6.07) is 11.5. The van der Waals surface area contributed by atoms with Crippen molar-refractivity contribution in [3.63, 3.8) is 0 Å². The lowest BCUT2D eigenvalue weighted by atomic mass is 10.3. The normalized spacial score (nSPS) is 10.3. The van der Waals surface area contributed by atoms with Crippen molar-refractivity contribution in [2.45, 2.75) is 0 Å². The number of rotatable bonds is 5. The summed E-state index contributed by atoms with van der Waals surface area (Å²) < 4.78 is 32.3. The van der Waals surface area contributed by atoms with Gasteiger partial charge in [0.2, 0.25) is 5.82 Å². The van der Waals surface area contributed by atoms with Crippen LogP contribution in [0.5, 0.6) is 5.75 Å². The Labute approximate surface area is 118 Å². The Morgan fingerprint density at radius 2 is 1.84 bits per heavy atom. The minimum absolute atomic E-state index is 0.0751. The molecule has 0 radical (unpaired) electrons. The largest absolute Gasteiger partial charge is 0.489 e. The molecule has 0 heterocycles. The fourth-order valence-electron chi connectivity index (χ4n) is 1.55. The van der Waals surface area contributed by atoms with Gasteiger partial charge in [-0.2, -0.15) is 4.39 Å². The lowest BCUT2D eigenvalue weighted by Crippen LogP contribution is -2.12. The predicted octanol–water partition coefficient (Wildman–Crippen LogP) is 4.22. The maximum absolute atomic E-state index is 13.3. The van der Waals surface area contributed by atoms with Crippen molar-refractivity contribution >= 4 is 21.6 Å². The average Bonchev–Trinajstić information content (AvgIpc) is 2.41. The zero-order chi connectivity index (χ0) is 13.7. The highest BCUT2D eigenvalue weighted by Gasteiger charge is 2.08. The van der Waals surface area contributed by atoms with Crippen molar-refractivity contribution in [1.82, 2.24) is 0 Å². The Bertz CT molecular complexity index is 563. The summed E-state index contributed by atoms with van der Waals surface area (Å²) in [5.41, 5.74) is 0.922. The van der Waals surface area contributed by atoms with Crippen LogP contribution in [0.4, 0.5) is 14.5 Å². The van der Waals surface area contributed by atoms with Crippen molar-refractivity contribution in [3.05, 3.63) is 58.6 Å². The van der Waals surface area contributed by atoms with Gasteiger partial charge in [0, 0.05) is 16.7 Å². The first-order chi connectivity index (χ1) is 9.18. The first-order valence-electron chi connectivity index (χ1n) is 5.73. The van der Waals surface area contributed by atoms with Gasteiger partial charge in [-0.05, 0) is 40.2 Å². The smallest absolute Gasteiger partial charge is 0.200 e. The van der Waals surface area contributed by atoms with Crippen molar-refractivity contribution in [1.29, 1.82) is 0 Å². The van der Waals surface area contributed by atoms with Crippen molar-refractivity contribution in [2.75, 3.05) is 18.5 Å². The van der Waals surface area contributed by atoms with Crippen LogP contribution in [0.25, 0.3) is 0 Å². The van der Waals surface area contributed by atoms with Crippen LogP contribution in [-0.4, -0.2) is 13.2 Å². The highest BCUT2D eigenvalue weighted by molar-refractivity contribution is 9.10. The van der Waals surface area contributed by atoms with E-state index in [0.29, 0.717) is 6.54 Å². The maximum Gasteiger partial charge on any atom is 0.200 e. The number of anilines is 1. The molecule has 2 nitrogen and oxygen atoms in total. The molecule has 1 N–H and O–H groups in total. The van der Waals surface area contributed by atoms with Gasteiger partial charge in [-0.3, -0.25) is 0 Å². The lowest BCUT2D eigenvalue weighted by Gasteiger charge is -2.10. The Morgan fingerprint density at radius 3 is 2.63 bits per heavy atom. The zero-order valence-corrected chi connectivity index (χ0v) is 11.6. The maximum atomic E-state index is 13.3. The van der Waals surface area contributed by atoms with Crippen molar-refractivity contribution < 1.29 is 13.5 Å². The monoisotopic (exact) mass is 327 g/mol. The van der Waals surface area contributed by atoms with Gasteiger partial charge < -0.3 is 10.1 Å². The van der Waals surface area contributed by atoms with Crippen molar-refractivity contribution in [2.24, 2.45) is 0 Å². The molecule has 0 atom stereocenters. The van der Waals surface area contributed by atoms with E-state index in [2.05, 4.69) is 21.2 Å². The molecule has 0 saturated heterocycles. The fourth-order valence-corrected chi connectivity index (χ4v) is 1.97. The summed E-state index contributed by atoms with van der Waals surface area (Å²) in [6.07, 6.45) is 0. The van der Waals surface area contributed by atoms with E-state index >= 15 is 0 Å². The standard InChI is InChI=1S/C14H12BrF2NO/c15-10-4-1-2-6-12(10)18-8-9-19-13-7-3-5-11(16)14(13)17/h1-7,18H,8-9H2. The molecule has 2 aromatic rings. The van der Waals surface area contributed by atoms with E-state index in [0.717, 1.165) is 16.2 Å². The summed E-state index contributed by atoms with van der Waals surface area (Å²) in [4.78, 5) is 0. The van der Waals surface area contributed by atoms with Gasteiger partial charge in [-0.25, -0.2) is 4.39 Å². The number of ether oxygens (including phenoxy) is 1. The first-order valence-corrected chi connectivity index (χ1v) is 6.53. The number of nitrogens with one attached hydrogen (secondary N) is 1. The Kier molecular flexibility index (Phi) is 4.74. The second kappa shape index (κ2) is 6.52. The minimum atomic E-state index is -0.955. The third-order valence-electron chi connectivity index (χ3n) is 2.47. The lowest BCUT2D eigenvalue weighted by molar-refractivity contribution is 0.308. The van der Waals surface area contributed by atoms with Crippen molar-refractivity contribution in [3.8, 4) is 5.75 Å². The first kappa shape index (κ1) is 13.8. The molecule has 0 aliphatic heterocycles. The van der Waals surface area contributed by atoms with E-state index < -0.39 is 11.6 Å². The van der Waals surface area contributed by atoms with Gasteiger partial charge in [0.1, 0.15) is 6.61 Å². The molecule has 5 heteroatoms. The molecule has 0 saturated carbocycles. The highest BCUT2D eigenvalue weighted by Crippen LogP contribution is 2.21. The van der Waals surface area contributed by atoms with Gasteiger partial charge in [-0.15, -0.1) is 0 Å². The number of hydrogen-bond donors (Lipinski definition) is 1. The summed E-state index contributed by atoms with van der Waals surface area (Å²) in [7, 11) is 0. The second-order valence-electron chi connectivity index (χ2n) is 3.81. The molecule has 19 heavy (non-hydrogen) atoms. The third-order valence-corrected chi connectivity index (χ3v) is 3.16. The van der Waals surface area contributed by atoms with Crippen LogP contribution < -0.4 is 10.1 Å². The summed E-state index contributed by atoms with van der Waals surface area (Å²) in [6.45, 7) is 0.722. The number of hydrogen-bond acceptors (Lipinski definition) is 2. The molecule has 100 valence electrons. The Morgan fingerprint density at radius 1 is 1.05 bits per heavy atom. The van der Waals surface area contributed by atoms with Crippen LogP contribution >= 0.6 is 15.9 Å². The van der Waals surface area contributed by atoms with Gasteiger partial charge in [-0.1, -0.05) is 18.2 Å². The number of halogens is 3. The van der Waals surface area contributed by atoms with E-state index in [1.165, 1.54) is 12.1 Å². The number of benzene rings is 2. The average molecular weight is 328 g/mol. The molecule has 2 aromatic carbocycles. The molecule has 2 rings (SSSR count). The van der Waals surface area contributed by atoms with E-state index in [1.54, 1.807) is 0 Å². The second-order valence-corrected chi connectivity index (χ2v) is 4.66. The highest BCUT2D eigenvalue weighted by atomic mass is 79.9. The number of para-hydroxylation sites is 1. The van der Waals surface area contributed by atoms with E-state index in [9.17, 15) is 8.78 Å². The molecular weight excluding hydrogens is 316 g/mol.